The van der Waals surface area contributed by atoms with Gasteiger partial charge >= 0.3 is 0 Å². The summed E-state index contributed by atoms with van der Waals surface area (Å²) in [7, 11) is 5.29. The molecule has 0 unspecified atom stereocenters. The monoisotopic (exact) mass is 465 g/mol. The summed E-state index contributed by atoms with van der Waals surface area (Å²) in [5, 5.41) is 6.59. The molecule has 0 aromatic carbocycles. The first kappa shape index (κ1) is 22.5. The van der Waals surface area contributed by atoms with Gasteiger partial charge in [0.1, 0.15) is 0 Å². The van der Waals surface area contributed by atoms with Crippen molar-refractivity contribution < 1.29 is 4.79 Å². The number of rotatable bonds is 4. The number of likely N-dealkylation sites (tertiary alicyclic amines) is 1. The van der Waals surface area contributed by atoms with E-state index >= 15 is 0 Å². The molecule has 7 heteroatoms. The summed E-state index contributed by atoms with van der Waals surface area (Å²) in [6.45, 7) is 5.21. The Hall–Kier alpha value is -0.570. The lowest BCUT2D eigenvalue weighted by atomic mass is 9.88. The van der Waals surface area contributed by atoms with Gasteiger partial charge in [-0.15, -0.1) is 24.0 Å². The maximum atomic E-state index is 11.7. The zero-order valence-corrected chi connectivity index (χ0v) is 18.6. The van der Waals surface area contributed by atoms with Gasteiger partial charge in [0.2, 0.25) is 5.91 Å². The lowest BCUT2D eigenvalue weighted by Crippen LogP contribution is -2.50. The zero-order chi connectivity index (χ0) is 17.5. The second kappa shape index (κ2) is 11.2. The molecule has 6 nitrogen and oxygen atoms in total. The molecule has 0 bridgehead atoms. The number of hydrogen-bond acceptors (Lipinski definition) is 3. The first-order valence-corrected chi connectivity index (χ1v) is 9.41. The predicted octanol–water partition coefficient (Wildman–Crippen LogP) is 1.90. The van der Waals surface area contributed by atoms with Crippen molar-refractivity contribution in [2.24, 2.45) is 10.9 Å². The molecule has 1 aliphatic carbocycles. The molecule has 1 saturated heterocycles. The van der Waals surface area contributed by atoms with Crippen LogP contribution in [-0.4, -0.2) is 74.5 Å². The Morgan fingerprint density at radius 2 is 1.72 bits per heavy atom. The van der Waals surface area contributed by atoms with Gasteiger partial charge in [0.15, 0.2) is 5.96 Å². The first-order valence-electron chi connectivity index (χ1n) is 9.41. The number of halogens is 1. The molecule has 0 aromatic heterocycles. The predicted molar refractivity (Wildman–Crippen MR) is 115 cm³/mol. The van der Waals surface area contributed by atoms with Gasteiger partial charge in [-0.05, 0) is 57.5 Å². The van der Waals surface area contributed by atoms with Gasteiger partial charge in [0.25, 0.3) is 0 Å². The van der Waals surface area contributed by atoms with E-state index in [4.69, 9.17) is 0 Å². The maximum Gasteiger partial charge on any atom is 0.241 e. The van der Waals surface area contributed by atoms with Gasteiger partial charge in [-0.25, -0.2) is 0 Å². The van der Waals surface area contributed by atoms with E-state index in [1.165, 1.54) is 51.6 Å². The molecular formula is C18H36IN5O. The average Bonchev–Trinajstić information content (AvgIpc) is 2.59. The van der Waals surface area contributed by atoms with E-state index in [0.29, 0.717) is 6.04 Å². The minimum Gasteiger partial charge on any atom is -0.354 e. The van der Waals surface area contributed by atoms with Crippen LogP contribution in [0.5, 0.6) is 0 Å². The fourth-order valence-electron chi connectivity index (χ4n) is 3.68. The Bertz CT molecular complexity index is 427. The van der Waals surface area contributed by atoms with Crippen molar-refractivity contribution in [3.8, 4) is 0 Å². The van der Waals surface area contributed by atoms with Gasteiger partial charge in [0.05, 0.1) is 6.54 Å². The van der Waals surface area contributed by atoms with Crippen LogP contribution in [0.25, 0.3) is 0 Å². The van der Waals surface area contributed by atoms with E-state index in [-0.39, 0.29) is 36.4 Å². The summed E-state index contributed by atoms with van der Waals surface area (Å²) in [6, 6.07) is 1.23. The Labute approximate surface area is 170 Å². The van der Waals surface area contributed by atoms with Gasteiger partial charge in [-0.2, -0.15) is 0 Å². The smallest absolute Gasteiger partial charge is 0.241 e. The summed E-state index contributed by atoms with van der Waals surface area (Å²) in [4.78, 5) is 20.2. The van der Waals surface area contributed by atoms with Crippen molar-refractivity contribution in [2.45, 2.75) is 57.5 Å². The number of amides is 1. The normalized spacial score (nSPS) is 25.8. The van der Waals surface area contributed by atoms with Crippen molar-refractivity contribution in [2.75, 3.05) is 40.8 Å². The topological polar surface area (TPSA) is 60.0 Å². The summed E-state index contributed by atoms with van der Waals surface area (Å²) < 4.78 is 0. The standard InChI is InChI=1S/C18H35N5O.HI/c1-14-9-11-23(12-10-14)16-7-5-15(6-8-16)21-18(19-2)20-13-17(24)22(3)4;/h14-16H,5-13H2,1-4H3,(H2,19,20,21);1H. The molecule has 2 fully saturated rings. The number of hydrogen-bond donors (Lipinski definition) is 2. The van der Waals surface area contributed by atoms with Gasteiger partial charge in [-0.1, -0.05) is 6.92 Å². The quantitative estimate of drug-likeness (QED) is 0.379. The summed E-state index contributed by atoms with van der Waals surface area (Å²) in [5.41, 5.74) is 0. The van der Waals surface area contributed by atoms with E-state index in [1.807, 2.05) is 0 Å². The van der Waals surface area contributed by atoms with Crippen LogP contribution in [0.4, 0.5) is 0 Å². The van der Waals surface area contributed by atoms with Crippen LogP contribution in [0.2, 0.25) is 0 Å². The van der Waals surface area contributed by atoms with E-state index in [9.17, 15) is 4.79 Å². The van der Waals surface area contributed by atoms with Crippen LogP contribution in [0.15, 0.2) is 4.99 Å². The number of carbonyl (C=O) groups is 1. The highest BCUT2D eigenvalue weighted by Crippen LogP contribution is 2.27. The fraction of sp³-hybridized carbons (Fsp3) is 0.889. The number of aliphatic imine (C=N–C) groups is 1. The first-order chi connectivity index (χ1) is 11.5. The number of carbonyl (C=O) groups excluding carboxylic acids is 1. The average molecular weight is 465 g/mol. The van der Waals surface area contributed by atoms with E-state index in [1.54, 1.807) is 26.0 Å². The number of guanidine groups is 1. The Kier molecular flexibility index (Phi) is 10.1. The number of nitrogens with one attached hydrogen (secondary N) is 2. The second-order valence-corrected chi connectivity index (χ2v) is 7.58. The third-order valence-corrected chi connectivity index (χ3v) is 5.50. The zero-order valence-electron chi connectivity index (χ0n) is 16.3. The minimum atomic E-state index is 0. The molecule has 1 heterocycles. The van der Waals surface area contributed by atoms with Crippen LogP contribution in [-0.2, 0) is 4.79 Å². The molecule has 0 spiro atoms. The van der Waals surface area contributed by atoms with Crippen molar-refractivity contribution in [3.63, 3.8) is 0 Å². The van der Waals surface area contributed by atoms with Crippen molar-refractivity contribution in [3.05, 3.63) is 0 Å². The van der Waals surface area contributed by atoms with Crippen LogP contribution < -0.4 is 10.6 Å². The second-order valence-electron chi connectivity index (χ2n) is 7.58. The van der Waals surface area contributed by atoms with Crippen LogP contribution in [0.1, 0.15) is 45.4 Å². The summed E-state index contributed by atoms with van der Waals surface area (Å²) in [5.74, 6) is 1.69. The van der Waals surface area contributed by atoms with Gasteiger partial charge in [0, 0.05) is 33.2 Å². The molecule has 25 heavy (non-hydrogen) atoms. The summed E-state index contributed by atoms with van der Waals surface area (Å²) >= 11 is 0. The molecule has 1 amide bonds. The largest absolute Gasteiger partial charge is 0.354 e. The van der Waals surface area contributed by atoms with Crippen LogP contribution >= 0.6 is 24.0 Å². The molecule has 0 radical (unpaired) electrons. The fourth-order valence-corrected chi connectivity index (χ4v) is 3.68. The molecule has 1 aliphatic heterocycles. The molecule has 2 N–H and O–H groups in total. The Morgan fingerprint density at radius 1 is 1.12 bits per heavy atom. The molecule has 2 aliphatic rings. The molecule has 0 atom stereocenters. The highest BCUT2D eigenvalue weighted by molar-refractivity contribution is 14.0. The number of likely N-dealkylation sites (N-methyl/N-ethyl adjacent to an activating group) is 1. The minimum absolute atomic E-state index is 0. The van der Waals surface area contributed by atoms with Gasteiger partial charge in [-0.3, -0.25) is 9.79 Å². The van der Waals surface area contributed by atoms with Crippen molar-refractivity contribution >= 4 is 35.8 Å². The Balaban J connectivity index is 0.00000312. The van der Waals surface area contributed by atoms with E-state index < -0.39 is 0 Å². The van der Waals surface area contributed by atoms with Crippen LogP contribution in [0.3, 0.4) is 0 Å². The van der Waals surface area contributed by atoms with E-state index in [2.05, 4.69) is 27.4 Å². The lowest BCUT2D eigenvalue weighted by Gasteiger charge is -2.40. The number of piperidine rings is 1. The highest BCUT2D eigenvalue weighted by atomic mass is 127. The third-order valence-electron chi connectivity index (χ3n) is 5.50. The number of nitrogens with zero attached hydrogens (tertiary/aromatic N) is 3. The maximum absolute atomic E-state index is 11.7. The highest BCUT2D eigenvalue weighted by Gasteiger charge is 2.28. The Morgan fingerprint density at radius 3 is 2.24 bits per heavy atom. The molecular weight excluding hydrogens is 429 g/mol. The SMILES string of the molecule is CN=C(NCC(=O)N(C)C)NC1CCC(N2CCC(C)CC2)CC1.I. The summed E-state index contributed by atoms with van der Waals surface area (Å²) in [6.07, 6.45) is 7.60. The lowest BCUT2D eigenvalue weighted by molar-refractivity contribution is -0.127. The molecule has 146 valence electrons. The van der Waals surface area contributed by atoms with Crippen LogP contribution in [0, 0.1) is 5.92 Å². The molecule has 2 rings (SSSR count). The van der Waals surface area contributed by atoms with Crippen molar-refractivity contribution in [1.29, 1.82) is 0 Å². The van der Waals surface area contributed by atoms with Gasteiger partial charge < -0.3 is 20.4 Å². The third kappa shape index (κ3) is 7.29. The molecule has 0 aromatic rings. The van der Waals surface area contributed by atoms with E-state index in [0.717, 1.165) is 17.9 Å². The van der Waals surface area contributed by atoms with Crippen molar-refractivity contribution in [1.82, 2.24) is 20.4 Å². The molecule has 1 saturated carbocycles.